The molecule has 118 valence electrons. The molecular weight excluding hydrogens is 321 g/mol. The average molecular weight is 340 g/mol. The smallest absolute Gasteiger partial charge is 0.229 e. The lowest BCUT2D eigenvalue weighted by molar-refractivity contribution is 0.425. The second kappa shape index (κ2) is 7.63. The van der Waals surface area contributed by atoms with Gasteiger partial charge in [-0.2, -0.15) is 4.98 Å². The van der Waals surface area contributed by atoms with Crippen LogP contribution in [0.4, 0.5) is 17.5 Å². The molecule has 2 rings (SSSR count). The van der Waals surface area contributed by atoms with E-state index in [1.807, 2.05) is 27.1 Å². The maximum atomic E-state index is 6.15. The summed E-state index contributed by atoms with van der Waals surface area (Å²) in [6.45, 7) is 3.66. The first kappa shape index (κ1) is 16.8. The van der Waals surface area contributed by atoms with Crippen LogP contribution < -0.4 is 10.6 Å². The van der Waals surface area contributed by atoms with Crippen LogP contribution in [0.15, 0.2) is 24.3 Å². The molecule has 0 aliphatic carbocycles. The quantitative estimate of drug-likeness (QED) is 0.838. The normalized spacial score (nSPS) is 10.8. The van der Waals surface area contributed by atoms with Gasteiger partial charge in [-0.3, -0.25) is 0 Å². The van der Waals surface area contributed by atoms with Crippen LogP contribution in [0.2, 0.25) is 10.0 Å². The van der Waals surface area contributed by atoms with Gasteiger partial charge in [-0.05, 0) is 39.2 Å². The highest BCUT2D eigenvalue weighted by Crippen LogP contribution is 2.27. The van der Waals surface area contributed by atoms with E-state index in [9.17, 15) is 0 Å². The number of benzene rings is 1. The maximum Gasteiger partial charge on any atom is 0.229 e. The van der Waals surface area contributed by atoms with Crippen LogP contribution in [0, 0.1) is 6.92 Å². The fraction of sp³-hybridized carbons (Fsp3) is 0.333. The Morgan fingerprint density at radius 2 is 1.91 bits per heavy atom. The highest BCUT2D eigenvalue weighted by molar-refractivity contribution is 6.36. The third-order valence-electron chi connectivity index (χ3n) is 2.90. The van der Waals surface area contributed by atoms with Crippen molar-refractivity contribution in [1.82, 2.24) is 14.9 Å². The molecule has 1 heterocycles. The van der Waals surface area contributed by atoms with Gasteiger partial charge in [0.05, 0.1) is 10.7 Å². The minimum atomic E-state index is 0.497. The van der Waals surface area contributed by atoms with Gasteiger partial charge in [0.15, 0.2) is 0 Å². The van der Waals surface area contributed by atoms with E-state index in [0.29, 0.717) is 16.0 Å². The van der Waals surface area contributed by atoms with Gasteiger partial charge >= 0.3 is 0 Å². The summed E-state index contributed by atoms with van der Waals surface area (Å²) in [7, 11) is 4.06. The molecule has 0 radical (unpaired) electrons. The topological polar surface area (TPSA) is 53.1 Å². The summed E-state index contributed by atoms with van der Waals surface area (Å²) >= 11 is 12.0. The Morgan fingerprint density at radius 1 is 1.14 bits per heavy atom. The van der Waals surface area contributed by atoms with Crippen LogP contribution in [0.1, 0.15) is 5.69 Å². The largest absolute Gasteiger partial charge is 0.369 e. The van der Waals surface area contributed by atoms with Crippen molar-refractivity contribution in [3.63, 3.8) is 0 Å². The number of anilines is 3. The van der Waals surface area contributed by atoms with Crippen molar-refractivity contribution in [3.05, 3.63) is 40.0 Å². The van der Waals surface area contributed by atoms with Crippen molar-refractivity contribution in [3.8, 4) is 0 Å². The van der Waals surface area contributed by atoms with Gasteiger partial charge in [0, 0.05) is 29.9 Å². The fourth-order valence-electron chi connectivity index (χ4n) is 1.83. The van der Waals surface area contributed by atoms with Crippen molar-refractivity contribution >= 4 is 40.7 Å². The summed E-state index contributed by atoms with van der Waals surface area (Å²) in [6, 6.07) is 7.15. The van der Waals surface area contributed by atoms with E-state index in [-0.39, 0.29) is 0 Å². The first-order chi connectivity index (χ1) is 10.4. The van der Waals surface area contributed by atoms with E-state index in [1.54, 1.807) is 18.2 Å². The molecule has 1 aromatic heterocycles. The Bertz CT molecular complexity index is 646. The number of nitrogens with zero attached hydrogens (tertiary/aromatic N) is 3. The zero-order chi connectivity index (χ0) is 16.1. The molecule has 2 N–H and O–H groups in total. The Labute approximate surface area is 140 Å². The molecule has 1 aromatic carbocycles. The van der Waals surface area contributed by atoms with Gasteiger partial charge in [-0.1, -0.05) is 23.2 Å². The van der Waals surface area contributed by atoms with Crippen molar-refractivity contribution in [2.24, 2.45) is 0 Å². The molecule has 0 fully saturated rings. The number of aryl methyl sites for hydroxylation is 1. The molecule has 0 atom stereocenters. The van der Waals surface area contributed by atoms with Crippen LogP contribution in [0.3, 0.4) is 0 Å². The van der Waals surface area contributed by atoms with E-state index < -0.39 is 0 Å². The van der Waals surface area contributed by atoms with E-state index in [1.165, 1.54) is 0 Å². The standard InChI is InChI=1S/C15H19Cl2N5/c1-10-8-14(18-6-7-22(2)3)21-15(19-10)20-13-5-4-11(16)9-12(13)17/h4-5,8-9H,6-7H2,1-3H3,(H2,18,19,20,21). The maximum absolute atomic E-state index is 6.15. The van der Waals surface area contributed by atoms with Crippen LogP contribution in [0.5, 0.6) is 0 Å². The summed E-state index contributed by atoms with van der Waals surface area (Å²) in [5, 5.41) is 7.51. The van der Waals surface area contributed by atoms with Crippen molar-refractivity contribution in [1.29, 1.82) is 0 Å². The molecule has 0 bridgehead atoms. The predicted molar refractivity (Wildman–Crippen MR) is 93.6 cm³/mol. The Balaban J connectivity index is 2.12. The predicted octanol–water partition coefficient (Wildman–Crippen LogP) is 3.81. The molecule has 0 aliphatic heterocycles. The van der Waals surface area contributed by atoms with E-state index in [0.717, 1.165) is 30.3 Å². The van der Waals surface area contributed by atoms with Crippen LogP contribution in [0.25, 0.3) is 0 Å². The summed E-state index contributed by atoms with van der Waals surface area (Å²) < 4.78 is 0. The SMILES string of the molecule is Cc1cc(NCCN(C)C)nc(Nc2ccc(Cl)cc2Cl)n1. The Hall–Kier alpha value is -1.56. The number of rotatable bonds is 6. The van der Waals surface area contributed by atoms with E-state index in [2.05, 4.69) is 25.5 Å². The molecule has 0 aliphatic rings. The number of halogens is 2. The van der Waals surface area contributed by atoms with Crippen molar-refractivity contribution in [2.75, 3.05) is 37.8 Å². The number of hydrogen-bond acceptors (Lipinski definition) is 5. The molecule has 2 aromatic rings. The molecule has 0 saturated carbocycles. The molecule has 7 heteroatoms. The van der Waals surface area contributed by atoms with E-state index >= 15 is 0 Å². The van der Waals surface area contributed by atoms with Gasteiger partial charge in [0.1, 0.15) is 5.82 Å². The Morgan fingerprint density at radius 3 is 2.59 bits per heavy atom. The lowest BCUT2D eigenvalue weighted by Crippen LogP contribution is -2.21. The van der Waals surface area contributed by atoms with Crippen molar-refractivity contribution < 1.29 is 0 Å². The summed E-state index contributed by atoms with van der Waals surface area (Å²) in [5.41, 5.74) is 1.59. The highest BCUT2D eigenvalue weighted by Gasteiger charge is 2.06. The number of nitrogens with one attached hydrogen (secondary N) is 2. The third kappa shape index (κ3) is 5.02. The average Bonchev–Trinajstić information content (AvgIpc) is 2.41. The highest BCUT2D eigenvalue weighted by atomic mass is 35.5. The summed E-state index contributed by atoms with van der Waals surface area (Å²) in [4.78, 5) is 10.9. The minimum absolute atomic E-state index is 0.497. The molecule has 0 spiro atoms. The Kier molecular flexibility index (Phi) is 5.83. The van der Waals surface area contributed by atoms with Gasteiger partial charge in [-0.15, -0.1) is 0 Å². The first-order valence-corrected chi connectivity index (χ1v) is 7.66. The van der Waals surface area contributed by atoms with Crippen LogP contribution in [-0.2, 0) is 0 Å². The van der Waals surface area contributed by atoms with E-state index in [4.69, 9.17) is 23.2 Å². The zero-order valence-corrected chi connectivity index (χ0v) is 14.3. The van der Waals surface area contributed by atoms with Crippen molar-refractivity contribution in [2.45, 2.75) is 6.92 Å². The molecule has 22 heavy (non-hydrogen) atoms. The number of aromatic nitrogens is 2. The second-order valence-electron chi connectivity index (χ2n) is 5.20. The lowest BCUT2D eigenvalue weighted by atomic mass is 10.3. The monoisotopic (exact) mass is 339 g/mol. The zero-order valence-electron chi connectivity index (χ0n) is 12.8. The lowest BCUT2D eigenvalue weighted by Gasteiger charge is -2.13. The molecule has 0 unspecified atom stereocenters. The van der Waals surface area contributed by atoms with Gasteiger partial charge in [-0.25, -0.2) is 4.98 Å². The minimum Gasteiger partial charge on any atom is -0.369 e. The third-order valence-corrected chi connectivity index (χ3v) is 3.44. The molecule has 0 saturated heterocycles. The molecule has 0 amide bonds. The van der Waals surface area contributed by atoms with Crippen LogP contribution in [-0.4, -0.2) is 42.1 Å². The van der Waals surface area contributed by atoms with Crippen LogP contribution >= 0.6 is 23.2 Å². The molecular formula is C15H19Cl2N5. The first-order valence-electron chi connectivity index (χ1n) is 6.90. The van der Waals surface area contributed by atoms with Gasteiger partial charge < -0.3 is 15.5 Å². The molecule has 5 nitrogen and oxygen atoms in total. The number of likely N-dealkylation sites (N-methyl/N-ethyl adjacent to an activating group) is 1. The summed E-state index contributed by atoms with van der Waals surface area (Å²) in [5.74, 6) is 1.28. The second-order valence-corrected chi connectivity index (χ2v) is 6.04. The fourth-order valence-corrected chi connectivity index (χ4v) is 2.29. The van der Waals surface area contributed by atoms with Gasteiger partial charge in [0.25, 0.3) is 0 Å². The van der Waals surface area contributed by atoms with Gasteiger partial charge in [0.2, 0.25) is 5.95 Å². The number of hydrogen-bond donors (Lipinski definition) is 2. The summed E-state index contributed by atoms with van der Waals surface area (Å²) in [6.07, 6.45) is 0.